The van der Waals surface area contributed by atoms with Gasteiger partial charge in [0.15, 0.2) is 0 Å². The maximum Gasteiger partial charge on any atom is 0.416 e. The number of alkyl halides is 3. The van der Waals surface area contributed by atoms with Crippen LogP contribution in [0, 0.1) is 18.3 Å². The zero-order valence-electron chi connectivity index (χ0n) is 18.0. The number of fused-ring (bicyclic) bond motifs is 1. The molecule has 2 heterocycles. The van der Waals surface area contributed by atoms with Crippen LogP contribution >= 0.6 is 0 Å². The normalized spacial score (nSPS) is 17.0. The molecule has 172 valence electrons. The van der Waals surface area contributed by atoms with Crippen LogP contribution in [0.25, 0.3) is 10.9 Å². The summed E-state index contributed by atoms with van der Waals surface area (Å²) < 4.78 is 51.0. The van der Waals surface area contributed by atoms with Gasteiger partial charge < -0.3 is 20.5 Å². The van der Waals surface area contributed by atoms with Gasteiger partial charge in [0.1, 0.15) is 29.6 Å². The number of anilines is 2. The molecule has 3 N–H and O–H groups in total. The summed E-state index contributed by atoms with van der Waals surface area (Å²) in [6.45, 7) is 4.44. The van der Waals surface area contributed by atoms with Crippen molar-refractivity contribution in [1.82, 2.24) is 9.97 Å². The van der Waals surface area contributed by atoms with E-state index in [4.69, 9.17) is 15.2 Å². The van der Waals surface area contributed by atoms with Crippen molar-refractivity contribution >= 4 is 22.4 Å². The van der Waals surface area contributed by atoms with Gasteiger partial charge in [-0.15, -0.1) is 0 Å². The standard InChI is InChI=1S/C23H22F3N5O2/c1-12(14-5-16(23(24,25)26)8-17(28)6-14)29-22-19-9-21(33-18-3-4-32-11-18)15(10-27)7-20(19)30-13(2)31-22/h5-9,12,18H,3-4,11,28H2,1-2H3,(H,29,30,31)/t12-,18+/m1/s1. The topological polar surface area (TPSA) is 106 Å². The fraction of sp³-hybridized carbons (Fsp3) is 0.348. The van der Waals surface area contributed by atoms with Gasteiger partial charge >= 0.3 is 6.18 Å². The van der Waals surface area contributed by atoms with Crippen molar-refractivity contribution in [2.24, 2.45) is 0 Å². The van der Waals surface area contributed by atoms with Gasteiger partial charge in [0.2, 0.25) is 0 Å². The van der Waals surface area contributed by atoms with E-state index in [9.17, 15) is 18.4 Å². The summed E-state index contributed by atoms with van der Waals surface area (Å²) in [6, 6.07) is 8.34. The Morgan fingerprint density at radius 3 is 2.70 bits per heavy atom. The Kier molecular flexibility index (Phi) is 5.99. The molecule has 1 aliphatic heterocycles. The van der Waals surface area contributed by atoms with Crippen LogP contribution in [-0.4, -0.2) is 29.3 Å². The summed E-state index contributed by atoms with van der Waals surface area (Å²) in [7, 11) is 0. The smallest absolute Gasteiger partial charge is 0.416 e. The summed E-state index contributed by atoms with van der Waals surface area (Å²) >= 11 is 0. The Bertz CT molecular complexity index is 1230. The molecular weight excluding hydrogens is 435 g/mol. The first-order valence-electron chi connectivity index (χ1n) is 10.3. The molecule has 1 fully saturated rings. The molecule has 0 radical (unpaired) electrons. The lowest BCUT2D eigenvalue weighted by Gasteiger charge is -2.20. The number of ether oxygens (including phenoxy) is 2. The van der Waals surface area contributed by atoms with Crippen LogP contribution in [0.2, 0.25) is 0 Å². The van der Waals surface area contributed by atoms with Crippen LogP contribution in [0.4, 0.5) is 24.7 Å². The number of nitrogens with two attached hydrogens (primary N) is 1. The molecule has 4 rings (SSSR count). The Hall–Kier alpha value is -3.58. The number of benzene rings is 2. The van der Waals surface area contributed by atoms with E-state index in [-0.39, 0.29) is 11.8 Å². The highest BCUT2D eigenvalue weighted by molar-refractivity contribution is 5.91. The fourth-order valence-corrected chi connectivity index (χ4v) is 3.73. The predicted molar refractivity (Wildman–Crippen MR) is 117 cm³/mol. The first kappa shape index (κ1) is 22.6. The highest BCUT2D eigenvalue weighted by Crippen LogP contribution is 2.35. The molecule has 1 saturated heterocycles. The predicted octanol–water partition coefficient (Wildman–Crippen LogP) is 4.75. The summed E-state index contributed by atoms with van der Waals surface area (Å²) in [5.74, 6) is 1.24. The van der Waals surface area contributed by atoms with E-state index in [1.54, 1.807) is 26.0 Å². The molecule has 0 aliphatic carbocycles. The minimum Gasteiger partial charge on any atom is -0.487 e. The van der Waals surface area contributed by atoms with Crippen molar-refractivity contribution in [1.29, 1.82) is 5.26 Å². The molecular formula is C23H22F3N5O2. The molecule has 0 spiro atoms. The number of nitriles is 1. The largest absolute Gasteiger partial charge is 0.487 e. The lowest BCUT2D eigenvalue weighted by molar-refractivity contribution is -0.137. The number of nitrogens with one attached hydrogen (secondary N) is 1. The average molecular weight is 457 g/mol. The maximum absolute atomic E-state index is 13.2. The first-order valence-corrected chi connectivity index (χ1v) is 10.3. The molecule has 0 bridgehead atoms. The van der Waals surface area contributed by atoms with E-state index in [2.05, 4.69) is 21.4 Å². The molecule has 2 aromatic carbocycles. The highest BCUT2D eigenvalue weighted by Gasteiger charge is 2.31. The maximum atomic E-state index is 13.2. The average Bonchev–Trinajstić information content (AvgIpc) is 3.25. The highest BCUT2D eigenvalue weighted by atomic mass is 19.4. The van der Waals surface area contributed by atoms with Gasteiger partial charge in [-0.25, -0.2) is 9.97 Å². The van der Waals surface area contributed by atoms with E-state index < -0.39 is 17.8 Å². The molecule has 1 aromatic heterocycles. The molecule has 1 aliphatic rings. The Morgan fingerprint density at radius 1 is 1.24 bits per heavy atom. The number of hydrogen-bond acceptors (Lipinski definition) is 7. The van der Waals surface area contributed by atoms with Crippen LogP contribution < -0.4 is 15.8 Å². The molecule has 7 nitrogen and oxygen atoms in total. The second kappa shape index (κ2) is 8.75. The van der Waals surface area contributed by atoms with E-state index in [0.29, 0.717) is 59.1 Å². The van der Waals surface area contributed by atoms with Crippen molar-refractivity contribution in [3.63, 3.8) is 0 Å². The lowest BCUT2D eigenvalue weighted by atomic mass is 10.0. The third kappa shape index (κ3) is 4.93. The van der Waals surface area contributed by atoms with Crippen molar-refractivity contribution in [3.8, 4) is 11.8 Å². The number of hydrogen-bond donors (Lipinski definition) is 2. The molecule has 0 unspecified atom stereocenters. The monoisotopic (exact) mass is 457 g/mol. The molecule has 3 aromatic rings. The van der Waals surface area contributed by atoms with Crippen LogP contribution in [0.3, 0.4) is 0 Å². The number of nitrogens with zero attached hydrogens (tertiary/aromatic N) is 3. The van der Waals surface area contributed by atoms with E-state index in [0.717, 1.165) is 12.1 Å². The summed E-state index contributed by atoms with van der Waals surface area (Å²) in [6.07, 6.45) is -3.96. The van der Waals surface area contributed by atoms with E-state index in [1.807, 2.05) is 0 Å². The molecule has 0 saturated carbocycles. The quantitative estimate of drug-likeness (QED) is 0.533. The van der Waals surface area contributed by atoms with Crippen LogP contribution in [0.5, 0.6) is 5.75 Å². The SMILES string of the molecule is Cc1nc(N[C@H](C)c2cc(N)cc(C(F)(F)F)c2)c2cc(O[C@H]3CCOC3)c(C#N)cc2n1. The van der Waals surface area contributed by atoms with Gasteiger partial charge in [-0.05, 0) is 49.7 Å². The minimum absolute atomic E-state index is 0.0188. The molecule has 33 heavy (non-hydrogen) atoms. The number of aryl methyl sites for hydroxylation is 1. The van der Waals surface area contributed by atoms with E-state index >= 15 is 0 Å². The first-order chi connectivity index (χ1) is 15.6. The second-order valence-electron chi connectivity index (χ2n) is 7.95. The zero-order chi connectivity index (χ0) is 23.8. The number of halogens is 3. The van der Waals surface area contributed by atoms with Gasteiger partial charge in [-0.2, -0.15) is 18.4 Å². The Balaban J connectivity index is 1.72. The van der Waals surface area contributed by atoms with Crippen molar-refractivity contribution in [2.75, 3.05) is 24.3 Å². The molecule has 10 heteroatoms. The summed E-state index contributed by atoms with van der Waals surface area (Å²) in [4.78, 5) is 8.86. The van der Waals surface area contributed by atoms with Crippen molar-refractivity contribution in [2.45, 2.75) is 38.6 Å². The summed E-state index contributed by atoms with van der Waals surface area (Å²) in [5.41, 5.74) is 6.14. The number of aromatic nitrogens is 2. The van der Waals surface area contributed by atoms with Gasteiger partial charge in [0.25, 0.3) is 0 Å². The minimum atomic E-state index is -4.51. The van der Waals surface area contributed by atoms with Crippen LogP contribution in [-0.2, 0) is 10.9 Å². The number of rotatable bonds is 5. The van der Waals surface area contributed by atoms with Gasteiger partial charge in [0.05, 0.1) is 35.9 Å². The summed E-state index contributed by atoms with van der Waals surface area (Å²) in [5, 5.41) is 13.3. The Labute approximate surface area is 188 Å². The lowest BCUT2D eigenvalue weighted by Crippen LogP contribution is -2.16. The van der Waals surface area contributed by atoms with Crippen LogP contribution in [0.15, 0.2) is 30.3 Å². The number of nitrogen functional groups attached to an aromatic ring is 1. The van der Waals surface area contributed by atoms with Crippen molar-refractivity contribution < 1.29 is 22.6 Å². The molecule has 0 amide bonds. The van der Waals surface area contributed by atoms with Gasteiger partial charge in [0, 0.05) is 17.5 Å². The second-order valence-corrected chi connectivity index (χ2v) is 7.95. The third-order valence-electron chi connectivity index (χ3n) is 5.37. The van der Waals surface area contributed by atoms with Crippen molar-refractivity contribution in [3.05, 3.63) is 52.8 Å². The van der Waals surface area contributed by atoms with Crippen LogP contribution in [0.1, 0.15) is 41.9 Å². The Morgan fingerprint density at radius 2 is 2.03 bits per heavy atom. The molecule has 2 atom stereocenters. The fourth-order valence-electron chi connectivity index (χ4n) is 3.73. The van der Waals surface area contributed by atoms with E-state index in [1.165, 1.54) is 6.07 Å². The third-order valence-corrected chi connectivity index (χ3v) is 5.37. The zero-order valence-corrected chi connectivity index (χ0v) is 18.0. The van der Waals surface area contributed by atoms with Gasteiger partial charge in [-0.3, -0.25) is 0 Å². The van der Waals surface area contributed by atoms with Gasteiger partial charge in [-0.1, -0.05) is 0 Å².